The van der Waals surface area contributed by atoms with Gasteiger partial charge >= 0.3 is 5.97 Å². The molecule has 3 N–H and O–H groups in total. The van der Waals surface area contributed by atoms with E-state index in [1.165, 1.54) is 0 Å². The first-order valence-corrected chi connectivity index (χ1v) is 8.85. The molecule has 7 nitrogen and oxygen atoms in total. The van der Waals surface area contributed by atoms with Crippen molar-refractivity contribution in [3.05, 3.63) is 59.7 Å². The highest BCUT2D eigenvalue weighted by Gasteiger charge is 2.32. The van der Waals surface area contributed by atoms with Crippen molar-refractivity contribution >= 4 is 5.97 Å². The van der Waals surface area contributed by atoms with Crippen LogP contribution in [0, 0.1) is 0 Å². The van der Waals surface area contributed by atoms with Gasteiger partial charge in [-0.2, -0.15) is 5.10 Å². The Morgan fingerprint density at radius 3 is 2.85 bits per heavy atom. The molecule has 1 aromatic carbocycles. The van der Waals surface area contributed by atoms with Crippen LogP contribution in [-0.2, 0) is 6.42 Å². The normalized spacial score (nSPS) is 16.4. The second-order valence-corrected chi connectivity index (χ2v) is 6.53. The maximum atomic E-state index is 11.8. The number of benzene rings is 1. The summed E-state index contributed by atoms with van der Waals surface area (Å²) in [6.07, 6.45) is 7.07. The molecule has 2 heterocycles. The van der Waals surface area contributed by atoms with E-state index in [9.17, 15) is 9.90 Å². The van der Waals surface area contributed by atoms with Crippen molar-refractivity contribution in [2.45, 2.75) is 31.6 Å². The Morgan fingerprint density at radius 2 is 2.12 bits per heavy atom. The lowest BCUT2D eigenvalue weighted by Gasteiger charge is -2.23. The first kappa shape index (κ1) is 16.5. The number of nitrogens with zero attached hydrogens (tertiary/aromatic N) is 4. The van der Waals surface area contributed by atoms with Crippen LogP contribution in [0.4, 0.5) is 0 Å². The molecule has 0 bridgehead atoms. The Balaban J connectivity index is 1.88. The Morgan fingerprint density at radius 1 is 1.31 bits per heavy atom. The monoisotopic (exact) mass is 351 g/mol. The van der Waals surface area contributed by atoms with Crippen molar-refractivity contribution in [3.8, 4) is 11.6 Å². The Kier molecular flexibility index (Phi) is 4.30. The van der Waals surface area contributed by atoms with Gasteiger partial charge in [-0.15, -0.1) is 0 Å². The summed E-state index contributed by atoms with van der Waals surface area (Å²) in [7, 11) is 0. The summed E-state index contributed by atoms with van der Waals surface area (Å²) in [4.78, 5) is 16.3. The molecular weight excluding hydrogens is 330 g/mol. The third-order valence-electron chi connectivity index (χ3n) is 4.96. The van der Waals surface area contributed by atoms with Crippen molar-refractivity contribution in [1.82, 2.24) is 19.3 Å². The smallest absolute Gasteiger partial charge is 0.356 e. The van der Waals surface area contributed by atoms with Crippen LogP contribution in [0.5, 0.6) is 0 Å². The molecule has 3 aromatic rings. The van der Waals surface area contributed by atoms with E-state index in [-0.39, 0.29) is 11.6 Å². The van der Waals surface area contributed by atoms with Crippen LogP contribution in [0.3, 0.4) is 0 Å². The van der Waals surface area contributed by atoms with E-state index in [1.807, 2.05) is 41.1 Å². The largest absolute Gasteiger partial charge is 0.476 e. The number of nitrogens with two attached hydrogens (primary N) is 1. The summed E-state index contributed by atoms with van der Waals surface area (Å²) in [6.45, 7) is 0.535. The average Bonchev–Trinajstić information content (AvgIpc) is 3.27. The van der Waals surface area contributed by atoms with E-state index in [0.29, 0.717) is 12.5 Å². The van der Waals surface area contributed by atoms with Crippen molar-refractivity contribution in [1.29, 1.82) is 0 Å². The van der Waals surface area contributed by atoms with Gasteiger partial charge in [0, 0.05) is 23.6 Å². The van der Waals surface area contributed by atoms with Crippen LogP contribution in [0.2, 0.25) is 0 Å². The van der Waals surface area contributed by atoms with Crippen LogP contribution in [0.15, 0.2) is 42.7 Å². The number of aromatic carboxylic acids is 1. The zero-order valence-electron chi connectivity index (χ0n) is 14.4. The van der Waals surface area contributed by atoms with Crippen LogP contribution in [0.25, 0.3) is 11.6 Å². The first-order valence-electron chi connectivity index (χ1n) is 8.85. The summed E-state index contributed by atoms with van der Waals surface area (Å²) in [5.74, 6) is -0.251. The number of hydrogen-bond acceptors (Lipinski definition) is 4. The number of hydrogen-bond donors (Lipinski definition) is 2. The van der Waals surface area contributed by atoms with E-state index < -0.39 is 5.97 Å². The van der Waals surface area contributed by atoms with Crippen LogP contribution in [0.1, 0.15) is 46.9 Å². The van der Waals surface area contributed by atoms with Gasteiger partial charge in [-0.05, 0) is 50.3 Å². The lowest BCUT2D eigenvalue weighted by molar-refractivity contribution is 0.0688. The average molecular weight is 351 g/mol. The number of rotatable bonds is 5. The van der Waals surface area contributed by atoms with Gasteiger partial charge in [0.15, 0.2) is 5.69 Å². The van der Waals surface area contributed by atoms with Gasteiger partial charge in [-0.3, -0.25) is 4.57 Å². The fraction of sp³-hybridized carbons (Fsp3) is 0.316. The van der Waals surface area contributed by atoms with Crippen LogP contribution < -0.4 is 5.73 Å². The molecule has 0 saturated carbocycles. The van der Waals surface area contributed by atoms with Crippen LogP contribution in [-0.4, -0.2) is 37.0 Å². The highest BCUT2D eigenvalue weighted by molar-refractivity contribution is 5.88. The van der Waals surface area contributed by atoms with Crippen LogP contribution >= 0.6 is 0 Å². The fourth-order valence-corrected chi connectivity index (χ4v) is 3.85. The number of carboxylic acids is 1. The maximum absolute atomic E-state index is 11.8. The maximum Gasteiger partial charge on any atom is 0.356 e. The summed E-state index contributed by atoms with van der Waals surface area (Å²) in [5, 5.41) is 14.1. The molecule has 26 heavy (non-hydrogen) atoms. The molecule has 0 aliphatic heterocycles. The van der Waals surface area contributed by atoms with E-state index >= 15 is 0 Å². The predicted molar refractivity (Wildman–Crippen MR) is 97.0 cm³/mol. The molecular formula is C19H21N5O2. The second kappa shape index (κ2) is 6.76. The molecule has 0 saturated heterocycles. The quantitative estimate of drug-likeness (QED) is 0.736. The third kappa shape index (κ3) is 2.70. The van der Waals surface area contributed by atoms with E-state index in [2.05, 4.69) is 10.1 Å². The first-order chi connectivity index (χ1) is 12.7. The fourth-order valence-electron chi connectivity index (χ4n) is 3.85. The van der Waals surface area contributed by atoms with E-state index in [0.717, 1.165) is 42.6 Å². The Hall–Kier alpha value is -2.93. The minimum atomic E-state index is -0.998. The third-order valence-corrected chi connectivity index (χ3v) is 4.96. The summed E-state index contributed by atoms with van der Waals surface area (Å²) >= 11 is 0. The number of carboxylic acid groups (broad SMARTS) is 1. The van der Waals surface area contributed by atoms with E-state index in [1.54, 1.807) is 10.9 Å². The lowest BCUT2D eigenvalue weighted by Crippen LogP contribution is -2.17. The van der Waals surface area contributed by atoms with Gasteiger partial charge in [0.1, 0.15) is 0 Å². The number of para-hydroxylation sites is 1. The van der Waals surface area contributed by atoms with Crippen molar-refractivity contribution < 1.29 is 9.90 Å². The summed E-state index contributed by atoms with van der Waals surface area (Å²) < 4.78 is 3.62. The van der Waals surface area contributed by atoms with Gasteiger partial charge in [0.25, 0.3) is 0 Å². The second-order valence-electron chi connectivity index (χ2n) is 6.53. The topological polar surface area (TPSA) is 99.0 Å². The minimum absolute atomic E-state index is 0.126. The van der Waals surface area contributed by atoms with Crippen molar-refractivity contribution in [2.75, 3.05) is 6.54 Å². The highest BCUT2D eigenvalue weighted by Crippen LogP contribution is 2.37. The standard InChI is InChI=1S/C19H21N5O2/c20-10-9-13-5-4-8-15-16(13)17(18(25)26)22-24(15)19-21-11-12-23(19)14-6-2-1-3-7-14/h1-3,6-7,11-13H,4-5,8-10,20H2,(H,25,26). The molecule has 7 heteroatoms. The Bertz CT molecular complexity index is 929. The van der Waals surface area contributed by atoms with Gasteiger partial charge in [0.05, 0.1) is 5.69 Å². The molecule has 134 valence electrons. The zero-order chi connectivity index (χ0) is 18.1. The molecule has 1 atom stereocenters. The highest BCUT2D eigenvalue weighted by atomic mass is 16.4. The van der Waals surface area contributed by atoms with E-state index in [4.69, 9.17) is 5.73 Å². The molecule has 4 rings (SSSR count). The number of imidazole rings is 1. The van der Waals surface area contributed by atoms with Gasteiger partial charge in [0.2, 0.25) is 5.95 Å². The lowest BCUT2D eigenvalue weighted by atomic mass is 9.83. The summed E-state index contributed by atoms with van der Waals surface area (Å²) in [6, 6.07) is 9.83. The predicted octanol–water partition coefficient (Wildman–Crippen LogP) is 2.52. The molecule has 0 fully saturated rings. The number of fused-ring (bicyclic) bond motifs is 1. The molecule has 1 aliphatic carbocycles. The number of aromatic nitrogens is 4. The molecule has 0 amide bonds. The molecule has 0 spiro atoms. The van der Waals surface area contributed by atoms with Gasteiger partial charge in [-0.1, -0.05) is 18.2 Å². The summed E-state index contributed by atoms with van der Waals surface area (Å²) in [5.41, 5.74) is 8.60. The molecule has 0 radical (unpaired) electrons. The van der Waals surface area contributed by atoms with Crippen molar-refractivity contribution in [3.63, 3.8) is 0 Å². The SMILES string of the molecule is NCCC1CCCc2c1c(C(=O)O)nn2-c1nccn1-c1ccccc1. The van der Waals surface area contributed by atoms with Crippen molar-refractivity contribution in [2.24, 2.45) is 5.73 Å². The molecule has 1 aliphatic rings. The molecule has 2 aromatic heterocycles. The minimum Gasteiger partial charge on any atom is -0.476 e. The molecule has 1 unspecified atom stereocenters. The number of carbonyl (C=O) groups is 1. The Labute approximate surface area is 151 Å². The van der Waals surface area contributed by atoms with Gasteiger partial charge < -0.3 is 10.8 Å². The van der Waals surface area contributed by atoms with Gasteiger partial charge in [-0.25, -0.2) is 14.5 Å². The zero-order valence-corrected chi connectivity index (χ0v) is 14.4.